The van der Waals surface area contributed by atoms with Crippen LogP contribution in [-0.4, -0.2) is 27.0 Å². The predicted octanol–water partition coefficient (Wildman–Crippen LogP) is 4.06. The van der Waals surface area contributed by atoms with Crippen molar-refractivity contribution in [3.05, 3.63) is 58.6 Å². The second kappa shape index (κ2) is 6.20. The zero-order chi connectivity index (χ0) is 16.5. The Morgan fingerprint density at radius 3 is 2.88 bits per heavy atom. The van der Waals surface area contributed by atoms with Gasteiger partial charge in [0.25, 0.3) is 0 Å². The number of aromatic nitrogens is 4. The number of nitrogens with one attached hydrogen (secondary N) is 1. The molecule has 0 spiro atoms. The van der Waals surface area contributed by atoms with Crippen LogP contribution in [0, 0.1) is 0 Å². The Hall–Kier alpha value is -2.47. The van der Waals surface area contributed by atoms with Crippen molar-refractivity contribution in [1.82, 2.24) is 19.9 Å². The number of para-hydroxylation sites is 1. The van der Waals surface area contributed by atoms with Gasteiger partial charge in [0.15, 0.2) is 5.65 Å². The first kappa shape index (κ1) is 15.1. The number of halogens is 1. The molecule has 4 rings (SSSR count). The topological polar surface area (TPSA) is 63.7 Å². The maximum absolute atomic E-state index is 5.24. The zero-order valence-electron chi connectivity index (χ0n) is 13.1. The monoisotopic (exact) mass is 382 g/mol. The Balaban J connectivity index is 1.65. The number of imidazole rings is 1. The van der Waals surface area contributed by atoms with Gasteiger partial charge in [-0.05, 0) is 34.5 Å². The molecule has 0 atom stereocenters. The molecule has 5 nitrogen and oxygen atoms in total. The molecule has 1 N–H and O–H groups in total. The van der Waals surface area contributed by atoms with E-state index in [1.807, 2.05) is 36.4 Å². The van der Waals surface area contributed by atoms with Crippen LogP contribution in [0.4, 0.5) is 0 Å². The minimum Gasteiger partial charge on any atom is -0.497 e. The fourth-order valence-corrected chi connectivity index (χ4v) is 3.35. The van der Waals surface area contributed by atoms with Gasteiger partial charge >= 0.3 is 0 Å². The van der Waals surface area contributed by atoms with Gasteiger partial charge in [-0.15, -0.1) is 0 Å². The maximum atomic E-state index is 5.24. The van der Waals surface area contributed by atoms with Crippen molar-refractivity contribution in [2.45, 2.75) is 12.8 Å². The van der Waals surface area contributed by atoms with E-state index in [-0.39, 0.29) is 0 Å². The lowest BCUT2D eigenvalue weighted by Crippen LogP contribution is -1.96. The molecule has 3 aromatic heterocycles. The van der Waals surface area contributed by atoms with Crippen molar-refractivity contribution in [2.75, 3.05) is 7.11 Å². The number of rotatable bonds is 4. The molecule has 1 aromatic carbocycles. The molecular formula is C18H15BrN4O. The van der Waals surface area contributed by atoms with Crippen LogP contribution in [0.5, 0.6) is 5.75 Å². The van der Waals surface area contributed by atoms with Crippen molar-refractivity contribution >= 4 is 38.0 Å². The van der Waals surface area contributed by atoms with Gasteiger partial charge in [0, 0.05) is 29.8 Å². The minimum atomic E-state index is 0.731. The summed E-state index contributed by atoms with van der Waals surface area (Å²) in [7, 11) is 1.66. The van der Waals surface area contributed by atoms with Gasteiger partial charge in [0.05, 0.1) is 22.6 Å². The highest BCUT2D eigenvalue weighted by molar-refractivity contribution is 9.10. The first-order chi connectivity index (χ1) is 11.7. The number of hydrogen-bond acceptors (Lipinski definition) is 4. The third kappa shape index (κ3) is 2.73. The maximum Gasteiger partial charge on any atom is 0.179 e. The molecule has 0 aliphatic rings. The van der Waals surface area contributed by atoms with Crippen LogP contribution in [0.3, 0.4) is 0 Å². The van der Waals surface area contributed by atoms with Crippen LogP contribution in [0.2, 0.25) is 0 Å². The van der Waals surface area contributed by atoms with Crippen molar-refractivity contribution in [2.24, 2.45) is 0 Å². The lowest BCUT2D eigenvalue weighted by molar-refractivity contribution is 0.413. The van der Waals surface area contributed by atoms with Gasteiger partial charge in [-0.3, -0.25) is 4.98 Å². The number of aromatic amines is 1. The molecule has 0 saturated heterocycles. The summed E-state index contributed by atoms with van der Waals surface area (Å²) in [6.07, 6.45) is 3.31. The Bertz CT molecular complexity index is 1030. The molecule has 0 aliphatic carbocycles. The number of methoxy groups -OCH3 is 1. The SMILES string of the molecule is COc1ccnc(CCc2nc3nc4ccccc4c(Br)c3[nH]2)c1. The van der Waals surface area contributed by atoms with E-state index in [1.54, 1.807) is 13.3 Å². The number of pyridine rings is 2. The van der Waals surface area contributed by atoms with Gasteiger partial charge in [-0.1, -0.05) is 18.2 Å². The summed E-state index contributed by atoms with van der Waals surface area (Å²) >= 11 is 3.67. The van der Waals surface area contributed by atoms with Crippen LogP contribution >= 0.6 is 15.9 Å². The van der Waals surface area contributed by atoms with Crippen LogP contribution in [0.25, 0.3) is 22.1 Å². The number of H-pyrrole nitrogens is 1. The number of benzene rings is 1. The Morgan fingerprint density at radius 2 is 2.00 bits per heavy atom. The fraction of sp³-hybridized carbons (Fsp3) is 0.167. The van der Waals surface area contributed by atoms with E-state index in [2.05, 4.69) is 35.9 Å². The molecule has 0 radical (unpaired) electrons. The highest BCUT2D eigenvalue weighted by Crippen LogP contribution is 2.29. The molecule has 0 amide bonds. The molecular weight excluding hydrogens is 368 g/mol. The minimum absolute atomic E-state index is 0.731. The van der Waals surface area contributed by atoms with Crippen LogP contribution in [-0.2, 0) is 12.8 Å². The highest BCUT2D eigenvalue weighted by Gasteiger charge is 2.11. The molecule has 3 heterocycles. The number of nitrogens with zero attached hydrogens (tertiary/aromatic N) is 3. The first-order valence-electron chi connectivity index (χ1n) is 7.66. The van der Waals surface area contributed by atoms with E-state index < -0.39 is 0 Å². The molecule has 0 unspecified atom stereocenters. The van der Waals surface area contributed by atoms with E-state index in [1.165, 1.54) is 0 Å². The van der Waals surface area contributed by atoms with Crippen LogP contribution in [0.1, 0.15) is 11.5 Å². The predicted molar refractivity (Wildman–Crippen MR) is 97.3 cm³/mol. The van der Waals surface area contributed by atoms with Crippen molar-refractivity contribution in [1.29, 1.82) is 0 Å². The third-order valence-corrected chi connectivity index (χ3v) is 4.79. The largest absolute Gasteiger partial charge is 0.497 e. The smallest absolute Gasteiger partial charge is 0.179 e. The average molecular weight is 383 g/mol. The van der Waals surface area contributed by atoms with Gasteiger partial charge in [0.2, 0.25) is 0 Å². The number of hydrogen-bond donors (Lipinski definition) is 1. The summed E-state index contributed by atoms with van der Waals surface area (Å²) in [5, 5.41) is 1.08. The second-order valence-corrected chi connectivity index (χ2v) is 6.31. The quantitative estimate of drug-likeness (QED) is 0.577. The Labute approximate surface area is 147 Å². The van der Waals surface area contributed by atoms with Crippen molar-refractivity contribution in [3.63, 3.8) is 0 Å². The molecule has 0 fully saturated rings. The normalized spacial score (nSPS) is 11.2. The Kier molecular flexibility index (Phi) is 3.90. The standard InChI is InChI=1S/C18H15BrN4O/c1-24-12-8-9-20-11(10-12)6-7-15-22-17-16(19)13-4-2-3-5-14(13)21-18(17)23-15/h2-5,8-10H,6-7H2,1H3,(H,21,22,23). The fourth-order valence-electron chi connectivity index (χ4n) is 2.74. The molecule has 0 aliphatic heterocycles. The number of aryl methyl sites for hydroxylation is 2. The average Bonchev–Trinajstić information content (AvgIpc) is 3.04. The Morgan fingerprint density at radius 1 is 1.12 bits per heavy atom. The van der Waals surface area contributed by atoms with E-state index in [9.17, 15) is 0 Å². The second-order valence-electron chi connectivity index (χ2n) is 5.51. The molecule has 0 saturated carbocycles. The van der Waals surface area contributed by atoms with Gasteiger partial charge in [0.1, 0.15) is 11.6 Å². The molecule has 0 bridgehead atoms. The highest BCUT2D eigenvalue weighted by atomic mass is 79.9. The summed E-state index contributed by atoms with van der Waals surface area (Å²) in [5.74, 6) is 1.72. The van der Waals surface area contributed by atoms with Crippen molar-refractivity contribution < 1.29 is 4.74 Å². The summed E-state index contributed by atoms with van der Waals surface area (Å²) in [4.78, 5) is 17.0. The van der Waals surface area contributed by atoms with Crippen LogP contribution < -0.4 is 4.74 Å². The summed E-state index contributed by atoms with van der Waals surface area (Å²) in [6, 6.07) is 11.8. The lowest BCUT2D eigenvalue weighted by atomic mass is 10.2. The third-order valence-electron chi connectivity index (χ3n) is 3.96. The first-order valence-corrected chi connectivity index (χ1v) is 8.45. The van der Waals surface area contributed by atoms with Crippen molar-refractivity contribution in [3.8, 4) is 5.75 Å². The van der Waals surface area contributed by atoms with Crippen LogP contribution in [0.15, 0.2) is 47.1 Å². The molecule has 4 aromatic rings. The lowest BCUT2D eigenvalue weighted by Gasteiger charge is -2.02. The summed E-state index contributed by atoms with van der Waals surface area (Å²) in [6.45, 7) is 0. The van der Waals surface area contributed by atoms with E-state index in [0.29, 0.717) is 0 Å². The number of fused-ring (bicyclic) bond motifs is 2. The van der Waals surface area contributed by atoms with E-state index in [4.69, 9.17) is 4.74 Å². The van der Waals surface area contributed by atoms with Gasteiger partial charge < -0.3 is 9.72 Å². The van der Waals surface area contributed by atoms with E-state index in [0.717, 1.165) is 56.6 Å². The summed E-state index contributed by atoms with van der Waals surface area (Å²) in [5.41, 5.74) is 3.58. The molecule has 24 heavy (non-hydrogen) atoms. The van der Waals surface area contributed by atoms with Gasteiger partial charge in [-0.25, -0.2) is 9.97 Å². The summed E-state index contributed by atoms with van der Waals surface area (Å²) < 4.78 is 6.24. The molecule has 6 heteroatoms. The van der Waals surface area contributed by atoms with E-state index >= 15 is 0 Å². The number of ether oxygens (including phenoxy) is 1. The zero-order valence-corrected chi connectivity index (χ0v) is 14.7. The van der Waals surface area contributed by atoms with Gasteiger partial charge in [-0.2, -0.15) is 0 Å². The molecule has 120 valence electrons.